The molecule has 28 heavy (non-hydrogen) atoms. The van der Waals surface area contributed by atoms with Crippen molar-refractivity contribution in [3.05, 3.63) is 71.8 Å². The molecule has 0 atom stereocenters. The van der Waals surface area contributed by atoms with Crippen LogP contribution in [-0.4, -0.2) is 30.1 Å². The highest BCUT2D eigenvalue weighted by Gasteiger charge is 2.18. The van der Waals surface area contributed by atoms with Gasteiger partial charge in [0.1, 0.15) is 5.82 Å². The van der Waals surface area contributed by atoms with E-state index in [1.165, 1.54) is 12.1 Å². The second kappa shape index (κ2) is 6.41. The zero-order valence-corrected chi connectivity index (χ0v) is 14.9. The normalized spacial score (nSPS) is 11.4. The van der Waals surface area contributed by atoms with Crippen molar-refractivity contribution in [1.82, 2.24) is 30.1 Å². The number of hydrogen-bond donors (Lipinski definition) is 1. The molecule has 0 aliphatic carbocycles. The lowest BCUT2D eigenvalue weighted by Crippen LogP contribution is -2.04. The molecule has 3 aromatic heterocycles. The standard InChI is InChI=1S/C20H15FN6O/c1-12-18(24-26-27(12)11-13-3-2-4-16(21)9-13)19-23-20(28-25-19)15-6-5-14-7-8-22-17(14)10-15/h2-10,22H,11H2,1H3. The summed E-state index contributed by atoms with van der Waals surface area (Å²) in [4.78, 5) is 7.64. The van der Waals surface area contributed by atoms with Crippen molar-refractivity contribution in [3.8, 4) is 23.0 Å². The maximum absolute atomic E-state index is 13.4. The Morgan fingerprint density at radius 2 is 2.07 bits per heavy atom. The second-order valence-corrected chi connectivity index (χ2v) is 6.51. The first-order valence-electron chi connectivity index (χ1n) is 8.73. The van der Waals surface area contributed by atoms with Crippen molar-refractivity contribution in [2.45, 2.75) is 13.5 Å². The lowest BCUT2D eigenvalue weighted by molar-refractivity contribution is 0.432. The van der Waals surface area contributed by atoms with Gasteiger partial charge in [0, 0.05) is 17.3 Å². The lowest BCUT2D eigenvalue weighted by atomic mass is 10.1. The molecule has 7 nitrogen and oxygen atoms in total. The van der Waals surface area contributed by atoms with Gasteiger partial charge in [-0.05, 0) is 48.2 Å². The molecule has 3 heterocycles. The van der Waals surface area contributed by atoms with Crippen LogP contribution in [0.1, 0.15) is 11.3 Å². The molecule has 0 aliphatic heterocycles. The summed E-state index contributed by atoms with van der Waals surface area (Å²) >= 11 is 0. The van der Waals surface area contributed by atoms with Gasteiger partial charge in [0.15, 0.2) is 5.69 Å². The molecule has 0 unspecified atom stereocenters. The molecular formula is C20H15FN6O. The first-order valence-corrected chi connectivity index (χ1v) is 8.73. The molecule has 0 saturated carbocycles. The third kappa shape index (κ3) is 2.84. The molecule has 0 saturated heterocycles. The van der Waals surface area contributed by atoms with Gasteiger partial charge < -0.3 is 9.51 Å². The van der Waals surface area contributed by atoms with Gasteiger partial charge in [0.05, 0.1) is 12.2 Å². The summed E-state index contributed by atoms with van der Waals surface area (Å²) in [6.45, 7) is 2.28. The van der Waals surface area contributed by atoms with Crippen molar-refractivity contribution in [2.24, 2.45) is 0 Å². The highest BCUT2D eigenvalue weighted by atomic mass is 19.1. The van der Waals surface area contributed by atoms with E-state index < -0.39 is 0 Å². The Balaban J connectivity index is 1.45. The van der Waals surface area contributed by atoms with Crippen LogP contribution in [-0.2, 0) is 6.54 Å². The number of rotatable bonds is 4. The zero-order valence-electron chi connectivity index (χ0n) is 14.9. The molecule has 0 aliphatic rings. The van der Waals surface area contributed by atoms with Crippen LogP contribution in [0.2, 0.25) is 0 Å². The monoisotopic (exact) mass is 374 g/mol. The van der Waals surface area contributed by atoms with Gasteiger partial charge in [0.2, 0.25) is 5.82 Å². The Morgan fingerprint density at radius 1 is 1.14 bits per heavy atom. The van der Waals surface area contributed by atoms with Gasteiger partial charge in [0.25, 0.3) is 5.89 Å². The Morgan fingerprint density at radius 3 is 2.96 bits per heavy atom. The maximum Gasteiger partial charge on any atom is 0.258 e. The molecule has 0 fully saturated rings. The zero-order chi connectivity index (χ0) is 19.1. The number of aromatic nitrogens is 6. The molecule has 138 valence electrons. The molecule has 5 aromatic rings. The van der Waals surface area contributed by atoms with E-state index in [9.17, 15) is 4.39 Å². The Bertz CT molecular complexity index is 1280. The fraction of sp³-hybridized carbons (Fsp3) is 0.100. The molecule has 0 amide bonds. The van der Waals surface area contributed by atoms with Crippen LogP contribution in [0.25, 0.3) is 33.9 Å². The summed E-state index contributed by atoms with van der Waals surface area (Å²) in [7, 11) is 0. The predicted molar refractivity (Wildman–Crippen MR) is 101 cm³/mol. The van der Waals surface area contributed by atoms with E-state index in [4.69, 9.17) is 4.52 Å². The van der Waals surface area contributed by atoms with Gasteiger partial charge in [-0.15, -0.1) is 5.10 Å². The Labute approximate surface area is 158 Å². The minimum absolute atomic E-state index is 0.280. The van der Waals surface area contributed by atoms with E-state index in [0.29, 0.717) is 24.0 Å². The van der Waals surface area contributed by atoms with E-state index in [1.807, 2.05) is 43.5 Å². The van der Waals surface area contributed by atoms with Gasteiger partial charge in [-0.3, -0.25) is 0 Å². The molecular weight excluding hydrogens is 359 g/mol. The molecule has 8 heteroatoms. The van der Waals surface area contributed by atoms with E-state index in [2.05, 4.69) is 25.4 Å². The molecule has 2 aromatic carbocycles. The smallest absolute Gasteiger partial charge is 0.258 e. The van der Waals surface area contributed by atoms with E-state index in [-0.39, 0.29) is 5.82 Å². The number of halogens is 1. The average molecular weight is 374 g/mol. The molecule has 5 rings (SSSR count). The van der Waals surface area contributed by atoms with Crippen LogP contribution < -0.4 is 0 Å². The number of aromatic amines is 1. The first kappa shape index (κ1) is 16.4. The minimum atomic E-state index is -0.280. The molecule has 0 spiro atoms. The Hall–Kier alpha value is -3.81. The van der Waals surface area contributed by atoms with Crippen LogP contribution in [0.5, 0.6) is 0 Å². The lowest BCUT2D eigenvalue weighted by Gasteiger charge is -2.03. The predicted octanol–water partition coefficient (Wildman–Crippen LogP) is 3.97. The first-order chi connectivity index (χ1) is 13.7. The SMILES string of the molecule is Cc1c(-c2noc(-c3ccc4cc[nH]c4c3)n2)nnn1Cc1cccc(F)c1. The van der Waals surface area contributed by atoms with E-state index >= 15 is 0 Å². The summed E-state index contributed by atoms with van der Waals surface area (Å²) in [5, 5.41) is 13.5. The minimum Gasteiger partial charge on any atom is -0.361 e. The third-order valence-electron chi connectivity index (χ3n) is 4.64. The van der Waals surface area contributed by atoms with Crippen molar-refractivity contribution >= 4 is 10.9 Å². The second-order valence-electron chi connectivity index (χ2n) is 6.51. The van der Waals surface area contributed by atoms with Gasteiger partial charge >= 0.3 is 0 Å². The number of nitrogens with one attached hydrogen (secondary N) is 1. The summed E-state index contributed by atoms with van der Waals surface area (Å²) in [5.41, 5.74) is 3.92. The largest absolute Gasteiger partial charge is 0.361 e. The van der Waals surface area contributed by atoms with Gasteiger partial charge in [-0.1, -0.05) is 28.6 Å². The highest BCUT2D eigenvalue weighted by Crippen LogP contribution is 2.25. The van der Waals surface area contributed by atoms with E-state index in [1.54, 1.807) is 10.7 Å². The summed E-state index contributed by atoms with van der Waals surface area (Å²) in [6.07, 6.45) is 1.88. The molecule has 0 bridgehead atoms. The molecule has 0 radical (unpaired) electrons. The summed E-state index contributed by atoms with van der Waals surface area (Å²) in [5.74, 6) is 0.493. The van der Waals surface area contributed by atoms with E-state index in [0.717, 1.165) is 27.7 Å². The fourth-order valence-electron chi connectivity index (χ4n) is 3.14. The number of fused-ring (bicyclic) bond motifs is 1. The number of benzene rings is 2. The van der Waals surface area contributed by atoms with Crippen molar-refractivity contribution in [1.29, 1.82) is 0 Å². The topological polar surface area (TPSA) is 85.4 Å². The highest BCUT2D eigenvalue weighted by molar-refractivity contribution is 5.83. The maximum atomic E-state index is 13.4. The van der Waals surface area contributed by atoms with Crippen molar-refractivity contribution in [3.63, 3.8) is 0 Å². The number of H-pyrrole nitrogens is 1. The fourth-order valence-corrected chi connectivity index (χ4v) is 3.14. The average Bonchev–Trinajstić information content (AvgIpc) is 3.42. The van der Waals surface area contributed by atoms with Crippen LogP contribution in [0.4, 0.5) is 4.39 Å². The van der Waals surface area contributed by atoms with Crippen molar-refractivity contribution < 1.29 is 8.91 Å². The summed E-state index contributed by atoms with van der Waals surface area (Å²) < 4.78 is 20.5. The molecule has 1 N–H and O–H groups in total. The van der Waals surface area contributed by atoms with Gasteiger partial charge in [-0.25, -0.2) is 9.07 Å². The van der Waals surface area contributed by atoms with Crippen LogP contribution in [0, 0.1) is 12.7 Å². The number of hydrogen-bond acceptors (Lipinski definition) is 5. The van der Waals surface area contributed by atoms with Crippen LogP contribution >= 0.6 is 0 Å². The summed E-state index contributed by atoms with van der Waals surface area (Å²) in [6, 6.07) is 14.3. The third-order valence-corrected chi connectivity index (χ3v) is 4.64. The van der Waals surface area contributed by atoms with Crippen LogP contribution in [0.3, 0.4) is 0 Å². The number of nitrogens with zero attached hydrogens (tertiary/aromatic N) is 5. The quantitative estimate of drug-likeness (QED) is 0.514. The Kier molecular flexibility index (Phi) is 3.75. The van der Waals surface area contributed by atoms with Gasteiger partial charge in [-0.2, -0.15) is 4.98 Å². The van der Waals surface area contributed by atoms with Crippen LogP contribution in [0.15, 0.2) is 59.3 Å². The van der Waals surface area contributed by atoms with Crippen molar-refractivity contribution in [2.75, 3.05) is 0 Å².